The van der Waals surface area contributed by atoms with Gasteiger partial charge in [-0.25, -0.2) is 8.78 Å². The van der Waals surface area contributed by atoms with Crippen molar-refractivity contribution in [1.29, 1.82) is 0 Å². The average molecular weight is 396 g/mol. The molecule has 8 heteroatoms. The second-order valence-electron chi connectivity index (χ2n) is 7.63. The van der Waals surface area contributed by atoms with Crippen molar-refractivity contribution in [3.63, 3.8) is 0 Å². The van der Waals surface area contributed by atoms with E-state index >= 15 is 0 Å². The normalized spacial score (nSPS) is 16.8. The van der Waals surface area contributed by atoms with E-state index < -0.39 is 11.6 Å². The van der Waals surface area contributed by atoms with Gasteiger partial charge < -0.3 is 10.2 Å². The highest BCUT2D eigenvalue weighted by atomic mass is 19.2. The van der Waals surface area contributed by atoms with Gasteiger partial charge in [0, 0.05) is 39.3 Å². The van der Waals surface area contributed by atoms with E-state index in [-0.39, 0.29) is 30.4 Å². The van der Waals surface area contributed by atoms with Crippen LogP contribution in [0.5, 0.6) is 0 Å². The fourth-order valence-electron chi connectivity index (χ4n) is 3.19. The maximum Gasteiger partial charge on any atom is 0.236 e. The van der Waals surface area contributed by atoms with Gasteiger partial charge in [0.1, 0.15) is 0 Å². The van der Waals surface area contributed by atoms with Gasteiger partial charge in [0.25, 0.3) is 0 Å². The Morgan fingerprint density at radius 3 is 2.14 bits per heavy atom. The summed E-state index contributed by atoms with van der Waals surface area (Å²) >= 11 is 0. The van der Waals surface area contributed by atoms with Crippen molar-refractivity contribution in [2.75, 3.05) is 46.3 Å². The lowest BCUT2D eigenvalue weighted by Gasteiger charge is -2.35. The summed E-state index contributed by atoms with van der Waals surface area (Å²) in [5.74, 6) is -1.88. The minimum Gasteiger partial charge on any atom is -0.353 e. The number of rotatable bonds is 7. The maximum atomic E-state index is 13.5. The molecule has 2 rings (SSSR count). The van der Waals surface area contributed by atoms with Gasteiger partial charge in [-0.2, -0.15) is 0 Å². The van der Waals surface area contributed by atoms with Crippen LogP contribution >= 0.6 is 0 Å². The van der Waals surface area contributed by atoms with Crippen molar-refractivity contribution in [3.05, 3.63) is 35.4 Å². The molecule has 1 N–H and O–H groups in total. The number of benzene rings is 1. The number of nitrogens with zero attached hydrogens (tertiary/aromatic N) is 3. The quantitative estimate of drug-likeness (QED) is 0.761. The zero-order valence-electron chi connectivity index (χ0n) is 17.0. The first kappa shape index (κ1) is 22.2. The molecule has 0 aliphatic carbocycles. The lowest BCUT2D eigenvalue weighted by molar-refractivity contribution is -0.134. The Labute approximate surface area is 165 Å². The number of halogens is 2. The first-order valence-electron chi connectivity index (χ1n) is 9.62. The zero-order chi connectivity index (χ0) is 20.8. The molecule has 0 radical (unpaired) electrons. The fraction of sp³-hybridized carbons (Fsp3) is 0.600. The van der Waals surface area contributed by atoms with Crippen LogP contribution in [0.2, 0.25) is 0 Å². The summed E-state index contributed by atoms with van der Waals surface area (Å²) in [6.07, 6.45) is 0. The molecule has 0 bridgehead atoms. The molecule has 1 aliphatic heterocycles. The third kappa shape index (κ3) is 6.24. The predicted molar refractivity (Wildman–Crippen MR) is 104 cm³/mol. The molecule has 1 fully saturated rings. The van der Waals surface area contributed by atoms with Crippen LogP contribution in [-0.2, 0) is 9.59 Å². The van der Waals surface area contributed by atoms with Crippen LogP contribution in [0.15, 0.2) is 18.2 Å². The third-order valence-corrected chi connectivity index (χ3v) is 5.04. The molecule has 1 aromatic rings. The maximum absolute atomic E-state index is 13.5. The van der Waals surface area contributed by atoms with Gasteiger partial charge in [-0.15, -0.1) is 0 Å². The van der Waals surface area contributed by atoms with Gasteiger partial charge >= 0.3 is 0 Å². The summed E-state index contributed by atoms with van der Waals surface area (Å²) in [6.45, 7) is 9.13. The third-order valence-electron chi connectivity index (χ3n) is 5.04. The molecular weight excluding hydrogens is 366 g/mol. The molecule has 0 aromatic heterocycles. The first-order chi connectivity index (χ1) is 13.2. The second-order valence-corrected chi connectivity index (χ2v) is 7.63. The summed E-state index contributed by atoms with van der Waals surface area (Å²) in [4.78, 5) is 30.1. The molecule has 1 aliphatic rings. The Balaban J connectivity index is 1.81. The molecule has 1 saturated heterocycles. The van der Waals surface area contributed by atoms with Gasteiger partial charge in [0.05, 0.1) is 19.1 Å². The van der Waals surface area contributed by atoms with Crippen LogP contribution in [0, 0.1) is 11.6 Å². The van der Waals surface area contributed by atoms with Gasteiger partial charge in [0.15, 0.2) is 11.6 Å². The minimum atomic E-state index is -0.914. The summed E-state index contributed by atoms with van der Waals surface area (Å²) < 4.78 is 26.6. The summed E-state index contributed by atoms with van der Waals surface area (Å²) in [6, 6.07) is 3.47. The van der Waals surface area contributed by atoms with Crippen LogP contribution in [-0.4, -0.2) is 78.9 Å². The summed E-state index contributed by atoms with van der Waals surface area (Å²) in [7, 11) is 1.67. The molecule has 0 saturated carbocycles. The van der Waals surface area contributed by atoms with Gasteiger partial charge in [-0.1, -0.05) is 6.07 Å². The molecule has 6 nitrogen and oxygen atoms in total. The first-order valence-corrected chi connectivity index (χ1v) is 9.62. The number of likely N-dealkylation sites (N-methyl/N-ethyl adjacent to an activating group) is 1. The van der Waals surface area contributed by atoms with Crippen molar-refractivity contribution in [3.8, 4) is 0 Å². The number of hydrogen-bond donors (Lipinski definition) is 1. The molecule has 2 amide bonds. The SMILES string of the molecule is CC(C)NC(=O)CN1CCN(CC(=O)N(C)C(C)c2ccc(F)c(F)c2)CC1. The van der Waals surface area contributed by atoms with E-state index in [1.54, 1.807) is 18.9 Å². The van der Waals surface area contributed by atoms with Crippen molar-refractivity contribution >= 4 is 11.8 Å². The molecule has 156 valence electrons. The van der Waals surface area contributed by atoms with E-state index in [4.69, 9.17) is 0 Å². The molecule has 1 aromatic carbocycles. The number of carbonyl (C=O) groups is 2. The Kier molecular flexibility index (Phi) is 7.88. The lowest BCUT2D eigenvalue weighted by atomic mass is 10.1. The molecule has 28 heavy (non-hydrogen) atoms. The molecular formula is C20H30F2N4O2. The highest BCUT2D eigenvalue weighted by Crippen LogP contribution is 2.21. The summed E-state index contributed by atoms with van der Waals surface area (Å²) in [5.41, 5.74) is 0.552. The van der Waals surface area contributed by atoms with Crippen LogP contribution in [0.4, 0.5) is 8.78 Å². The number of piperazine rings is 1. The largest absolute Gasteiger partial charge is 0.353 e. The molecule has 0 spiro atoms. The highest BCUT2D eigenvalue weighted by Gasteiger charge is 2.24. The fourth-order valence-corrected chi connectivity index (χ4v) is 3.19. The predicted octanol–water partition coefficient (Wildman–Crippen LogP) is 1.63. The number of amides is 2. The van der Waals surface area contributed by atoms with Crippen LogP contribution in [0.1, 0.15) is 32.4 Å². The van der Waals surface area contributed by atoms with Gasteiger partial charge in [-0.05, 0) is 38.5 Å². The minimum absolute atomic E-state index is 0.0135. The smallest absolute Gasteiger partial charge is 0.236 e. The van der Waals surface area contributed by atoms with Crippen LogP contribution in [0.3, 0.4) is 0 Å². The van der Waals surface area contributed by atoms with Crippen LogP contribution in [0.25, 0.3) is 0 Å². The van der Waals surface area contributed by atoms with E-state index in [0.717, 1.165) is 25.2 Å². The molecule has 1 heterocycles. The van der Waals surface area contributed by atoms with Crippen molar-refractivity contribution in [2.45, 2.75) is 32.9 Å². The molecule has 1 unspecified atom stereocenters. The molecule has 1 atom stereocenters. The van der Waals surface area contributed by atoms with E-state index in [1.165, 1.54) is 6.07 Å². The van der Waals surface area contributed by atoms with Gasteiger partial charge in [0.2, 0.25) is 11.8 Å². The van der Waals surface area contributed by atoms with Crippen molar-refractivity contribution in [1.82, 2.24) is 20.0 Å². The van der Waals surface area contributed by atoms with E-state index in [9.17, 15) is 18.4 Å². The van der Waals surface area contributed by atoms with E-state index in [1.807, 2.05) is 18.7 Å². The Morgan fingerprint density at radius 1 is 1.04 bits per heavy atom. The number of nitrogens with one attached hydrogen (secondary N) is 1. The van der Waals surface area contributed by atoms with E-state index in [2.05, 4.69) is 10.2 Å². The Morgan fingerprint density at radius 2 is 1.61 bits per heavy atom. The Bertz CT molecular complexity index is 691. The zero-order valence-corrected chi connectivity index (χ0v) is 17.0. The number of hydrogen-bond acceptors (Lipinski definition) is 4. The monoisotopic (exact) mass is 396 g/mol. The topological polar surface area (TPSA) is 55.9 Å². The lowest BCUT2D eigenvalue weighted by Crippen LogP contribution is -2.52. The van der Waals surface area contributed by atoms with Crippen LogP contribution < -0.4 is 5.32 Å². The Hall–Kier alpha value is -2.06. The second kappa shape index (κ2) is 9.93. The van der Waals surface area contributed by atoms with Crippen molar-refractivity contribution < 1.29 is 18.4 Å². The summed E-state index contributed by atoms with van der Waals surface area (Å²) in [5, 5.41) is 2.88. The van der Waals surface area contributed by atoms with Crippen molar-refractivity contribution in [2.24, 2.45) is 0 Å². The standard InChI is InChI=1S/C20H30F2N4O2/c1-14(2)23-19(27)12-25-7-9-26(10-8-25)13-20(28)24(4)15(3)16-5-6-17(21)18(22)11-16/h5-6,11,14-15H,7-10,12-13H2,1-4H3,(H,23,27). The highest BCUT2D eigenvalue weighted by molar-refractivity contribution is 5.79. The number of carbonyl (C=O) groups excluding carboxylic acids is 2. The van der Waals surface area contributed by atoms with E-state index in [0.29, 0.717) is 25.2 Å². The average Bonchev–Trinajstić information content (AvgIpc) is 2.63. The van der Waals surface area contributed by atoms with Gasteiger partial charge in [-0.3, -0.25) is 19.4 Å².